The minimum absolute atomic E-state index is 0.107. The summed E-state index contributed by atoms with van der Waals surface area (Å²) in [6, 6.07) is 0. The van der Waals surface area contributed by atoms with Crippen molar-refractivity contribution in [3.05, 3.63) is 0 Å². The van der Waals surface area contributed by atoms with E-state index in [1.165, 1.54) is 4.90 Å². The molecule has 0 aliphatic heterocycles. The average Bonchev–Trinajstić information content (AvgIpc) is 2.73. The molecule has 0 aromatic carbocycles. The zero-order valence-electron chi connectivity index (χ0n) is 11.3. The summed E-state index contributed by atoms with van der Waals surface area (Å²) in [5.41, 5.74) is -0.728. The number of hydrogen-bond donors (Lipinski definition) is 1. The molecule has 104 valence electrons. The Morgan fingerprint density at radius 2 is 1.89 bits per heavy atom. The summed E-state index contributed by atoms with van der Waals surface area (Å²) in [7, 11) is 1.67. The van der Waals surface area contributed by atoms with Crippen molar-refractivity contribution >= 4 is 11.9 Å². The molecule has 0 spiro atoms. The van der Waals surface area contributed by atoms with Gasteiger partial charge >= 0.3 is 5.97 Å². The molecule has 0 heterocycles. The van der Waals surface area contributed by atoms with Crippen LogP contribution in [0.15, 0.2) is 0 Å². The molecular weight excluding hydrogens is 234 g/mol. The van der Waals surface area contributed by atoms with Crippen molar-refractivity contribution in [2.45, 2.75) is 51.0 Å². The van der Waals surface area contributed by atoms with Crippen LogP contribution in [-0.2, 0) is 14.3 Å². The Balaban J connectivity index is 2.30. The fourth-order valence-corrected chi connectivity index (χ4v) is 2.35. The van der Waals surface area contributed by atoms with Crippen molar-refractivity contribution in [3.8, 4) is 0 Å². The quantitative estimate of drug-likeness (QED) is 0.723. The van der Waals surface area contributed by atoms with Gasteiger partial charge in [0.2, 0.25) is 5.91 Å². The lowest BCUT2D eigenvalue weighted by Crippen LogP contribution is -2.42. The second-order valence-corrected chi connectivity index (χ2v) is 4.99. The first-order valence-corrected chi connectivity index (χ1v) is 6.59. The number of hydrogen-bond acceptors (Lipinski definition) is 4. The Morgan fingerprint density at radius 1 is 1.28 bits per heavy atom. The lowest BCUT2D eigenvalue weighted by atomic mass is 10.0. The van der Waals surface area contributed by atoms with Gasteiger partial charge in [0, 0.05) is 20.0 Å². The van der Waals surface area contributed by atoms with E-state index in [4.69, 9.17) is 4.74 Å². The summed E-state index contributed by atoms with van der Waals surface area (Å²) in [5.74, 6) is -0.470. The molecule has 0 aromatic heterocycles. The summed E-state index contributed by atoms with van der Waals surface area (Å²) in [5, 5.41) is 10.2. The summed E-state index contributed by atoms with van der Waals surface area (Å²) in [6.45, 7) is 2.43. The van der Waals surface area contributed by atoms with Crippen molar-refractivity contribution in [3.63, 3.8) is 0 Å². The number of ether oxygens (including phenoxy) is 1. The van der Waals surface area contributed by atoms with Crippen LogP contribution in [-0.4, -0.2) is 47.7 Å². The minimum atomic E-state index is -0.728. The summed E-state index contributed by atoms with van der Waals surface area (Å²) >= 11 is 0. The summed E-state index contributed by atoms with van der Waals surface area (Å²) in [4.78, 5) is 24.4. The van der Waals surface area contributed by atoms with Crippen LogP contribution in [0.2, 0.25) is 0 Å². The molecule has 0 bridgehead atoms. The zero-order valence-corrected chi connectivity index (χ0v) is 11.3. The van der Waals surface area contributed by atoms with Gasteiger partial charge in [0.15, 0.2) is 0 Å². The van der Waals surface area contributed by atoms with E-state index in [9.17, 15) is 14.7 Å². The lowest BCUT2D eigenvalue weighted by Gasteiger charge is -2.28. The number of esters is 1. The van der Waals surface area contributed by atoms with Gasteiger partial charge in [-0.25, -0.2) is 0 Å². The largest absolute Gasteiger partial charge is 0.466 e. The highest BCUT2D eigenvalue weighted by Crippen LogP contribution is 2.29. The molecule has 1 aliphatic rings. The van der Waals surface area contributed by atoms with Gasteiger partial charge in [-0.3, -0.25) is 9.59 Å². The van der Waals surface area contributed by atoms with Gasteiger partial charge in [-0.15, -0.1) is 0 Å². The van der Waals surface area contributed by atoms with E-state index in [1.54, 1.807) is 14.0 Å². The molecule has 1 N–H and O–H groups in total. The standard InChI is InChI=1S/C13H23NO4/c1-3-18-12(16)7-6-11(15)14(2)10-13(17)8-4-5-9-13/h17H,3-10H2,1-2H3. The monoisotopic (exact) mass is 257 g/mol. The highest BCUT2D eigenvalue weighted by Gasteiger charge is 2.33. The Morgan fingerprint density at radius 3 is 2.44 bits per heavy atom. The molecule has 18 heavy (non-hydrogen) atoms. The topological polar surface area (TPSA) is 66.8 Å². The first kappa shape index (κ1) is 15.0. The van der Waals surface area contributed by atoms with E-state index < -0.39 is 5.60 Å². The molecule has 1 aliphatic carbocycles. The van der Waals surface area contributed by atoms with Crippen LogP contribution in [0.4, 0.5) is 0 Å². The third kappa shape index (κ3) is 4.64. The van der Waals surface area contributed by atoms with Gasteiger partial charge in [-0.05, 0) is 19.8 Å². The Bertz CT molecular complexity index is 297. The number of likely N-dealkylation sites (N-methyl/N-ethyl adjacent to an activating group) is 1. The predicted molar refractivity (Wildman–Crippen MR) is 66.9 cm³/mol. The van der Waals surface area contributed by atoms with Gasteiger partial charge in [0.1, 0.15) is 0 Å². The van der Waals surface area contributed by atoms with E-state index in [1.807, 2.05) is 0 Å². The third-order valence-corrected chi connectivity index (χ3v) is 3.34. The van der Waals surface area contributed by atoms with Crippen LogP contribution < -0.4 is 0 Å². The third-order valence-electron chi connectivity index (χ3n) is 3.34. The second-order valence-electron chi connectivity index (χ2n) is 4.99. The van der Waals surface area contributed by atoms with Crippen molar-refractivity contribution in [2.24, 2.45) is 0 Å². The first-order chi connectivity index (χ1) is 8.47. The van der Waals surface area contributed by atoms with E-state index >= 15 is 0 Å². The SMILES string of the molecule is CCOC(=O)CCC(=O)N(C)CC1(O)CCCC1. The molecule has 1 rings (SSSR count). The Kier molecular flexibility index (Phi) is 5.59. The van der Waals surface area contributed by atoms with Gasteiger partial charge < -0.3 is 14.7 Å². The normalized spacial score (nSPS) is 17.5. The van der Waals surface area contributed by atoms with Crippen molar-refractivity contribution < 1.29 is 19.4 Å². The smallest absolute Gasteiger partial charge is 0.306 e. The number of amides is 1. The fraction of sp³-hybridized carbons (Fsp3) is 0.846. The van der Waals surface area contributed by atoms with Gasteiger partial charge in [0.25, 0.3) is 0 Å². The maximum atomic E-state index is 11.8. The Hall–Kier alpha value is -1.10. The van der Waals surface area contributed by atoms with E-state index in [0.29, 0.717) is 13.2 Å². The van der Waals surface area contributed by atoms with Crippen LogP contribution in [0.1, 0.15) is 45.4 Å². The van der Waals surface area contributed by atoms with E-state index in [-0.39, 0.29) is 24.7 Å². The van der Waals surface area contributed by atoms with Gasteiger partial charge in [0.05, 0.1) is 18.6 Å². The number of nitrogens with zero attached hydrogens (tertiary/aromatic N) is 1. The van der Waals surface area contributed by atoms with Crippen LogP contribution in [0.25, 0.3) is 0 Å². The molecule has 1 amide bonds. The molecule has 5 nitrogen and oxygen atoms in total. The highest BCUT2D eigenvalue weighted by atomic mass is 16.5. The first-order valence-electron chi connectivity index (χ1n) is 6.59. The molecule has 0 saturated heterocycles. The van der Waals surface area contributed by atoms with Crippen LogP contribution in [0, 0.1) is 0 Å². The maximum Gasteiger partial charge on any atom is 0.306 e. The summed E-state index contributed by atoms with van der Waals surface area (Å²) < 4.78 is 4.77. The molecule has 0 aromatic rings. The van der Waals surface area contributed by atoms with E-state index in [0.717, 1.165) is 25.7 Å². The molecule has 0 unspecified atom stereocenters. The zero-order chi connectivity index (χ0) is 13.6. The van der Waals surface area contributed by atoms with E-state index in [2.05, 4.69) is 0 Å². The van der Waals surface area contributed by atoms with Crippen LogP contribution in [0.5, 0.6) is 0 Å². The van der Waals surface area contributed by atoms with Crippen molar-refractivity contribution in [2.75, 3.05) is 20.2 Å². The molecule has 1 saturated carbocycles. The van der Waals surface area contributed by atoms with Crippen LogP contribution in [0.3, 0.4) is 0 Å². The summed E-state index contributed by atoms with van der Waals surface area (Å²) in [6.07, 6.45) is 3.79. The highest BCUT2D eigenvalue weighted by molar-refractivity contribution is 5.81. The molecule has 5 heteroatoms. The van der Waals surface area contributed by atoms with Crippen molar-refractivity contribution in [1.29, 1.82) is 0 Å². The van der Waals surface area contributed by atoms with Crippen LogP contribution >= 0.6 is 0 Å². The number of aliphatic hydroxyl groups is 1. The van der Waals surface area contributed by atoms with Gasteiger partial charge in [-0.2, -0.15) is 0 Å². The number of rotatable bonds is 6. The predicted octanol–water partition coefficient (Wildman–Crippen LogP) is 1.09. The molecule has 0 radical (unpaired) electrons. The average molecular weight is 257 g/mol. The van der Waals surface area contributed by atoms with Gasteiger partial charge in [-0.1, -0.05) is 12.8 Å². The Labute approximate surface area is 108 Å². The fourth-order valence-electron chi connectivity index (χ4n) is 2.35. The lowest BCUT2D eigenvalue weighted by molar-refractivity contribution is -0.146. The molecule has 0 atom stereocenters. The second kappa shape index (κ2) is 6.73. The van der Waals surface area contributed by atoms with Crippen molar-refractivity contribution in [1.82, 2.24) is 4.90 Å². The minimum Gasteiger partial charge on any atom is -0.466 e. The number of carbonyl (C=O) groups is 2. The molecule has 1 fully saturated rings. The maximum absolute atomic E-state index is 11.8. The molecular formula is C13H23NO4. The number of carbonyl (C=O) groups excluding carboxylic acids is 2.